The number of rotatable bonds is 2. The number of hydrogen-bond donors (Lipinski definition) is 0. The lowest BCUT2D eigenvalue weighted by Gasteiger charge is -2.39. The summed E-state index contributed by atoms with van der Waals surface area (Å²) in [6, 6.07) is 7.87. The minimum absolute atomic E-state index is 0.122. The fraction of sp³-hybridized carbons (Fsp3) is 0.667. The maximum absolute atomic E-state index is 15.2. The smallest absolute Gasteiger partial charge is 0.160 e. The molecule has 1 saturated carbocycles. The van der Waals surface area contributed by atoms with Gasteiger partial charge in [0.05, 0.1) is 13.2 Å². The summed E-state index contributed by atoms with van der Waals surface area (Å²) in [6.07, 6.45) is 2.69. The van der Waals surface area contributed by atoms with Crippen LogP contribution in [0.15, 0.2) is 24.3 Å². The first-order valence-electron chi connectivity index (χ1n) is 8.06. The molecule has 3 rings (SSSR count). The summed E-state index contributed by atoms with van der Waals surface area (Å²) < 4.78 is 26.7. The Hall–Kier alpha value is -0.930. The molecule has 1 saturated heterocycles. The Balaban J connectivity index is 1.60. The summed E-state index contributed by atoms with van der Waals surface area (Å²) in [5.41, 5.74) is 0.825. The standard InChI is InChI=1S/C18H25FO2/c1-13-3-5-16(6-4-13)18(19)9-7-15(8-10-18)17-20-11-14(2)12-21-17/h3-6,14-15,17H,7-12H2,1-2H3. The molecule has 2 nitrogen and oxygen atoms in total. The van der Waals surface area contributed by atoms with Crippen LogP contribution in [0.1, 0.15) is 43.7 Å². The maximum atomic E-state index is 15.2. The molecule has 0 unspecified atom stereocenters. The summed E-state index contributed by atoms with van der Waals surface area (Å²) in [4.78, 5) is 0. The van der Waals surface area contributed by atoms with Gasteiger partial charge in [0.2, 0.25) is 0 Å². The third-order valence-electron chi connectivity index (χ3n) is 4.87. The lowest BCUT2D eigenvalue weighted by molar-refractivity contribution is -0.229. The van der Waals surface area contributed by atoms with Crippen LogP contribution in [-0.4, -0.2) is 19.5 Å². The molecule has 2 aliphatic rings. The monoisotopic (exact) mass is 292 g/mol. The number of halogens is 1. The molecule has 0 amide bonds. The quantitative estimate of drug-likeness (QED) is 0.806. The number of hydrogen-bond acceptors (Lipinski definition) is 2. The Morgan fingerprint density at radius 1 is 1.05 bits per heavy atom. The first-order chi connectivity index (χ1) is 10.1. The highest BCUT2D eigenvalue weighted by molar-refractivity contribution is 5.27. The topological polar surface area (TPSA) is 18.5 Å². The number of benzene rings is 1. The Morgan fingerprint density at radius 2 is 1.62 bits per heavy atom. The second-order valence-corrected chi connectivity index (χ2v) is 6.81. The first-order valence-corrected chi connectivity index (χ1v) is 8.06. The van der Waals surface area contributed by atoms with Gasteiger partial charge in [-0.25, -0.2) is 4.39 Å². The van der Waals surface area contributed by atoms with Crippen molar-refractivity contribution in [3.05, 3.63) is 35.4 Å². The van der Waals surface area contributed by atoms with E-state index in [0.717, 1.165) is 31.6 Å². The van der Waals surface area contributed by atoms with E-state index in [1.807, 2.05) is 31.2 Å². The average Bonchev–Trinajstić information content (AvgIpc) is 2.50. The highest BCUT2D eigenvalue weighted by Gasteiger charge is 2.40. The SMILES string of the molecule is Cc1ccc(C2(F)CCC(C3OCC(C)CO3)CC2)cc1. The van der Waals surface area contributed by atoms with Crippen molar-refractivity contribution in [1.82, 2.24) is 0 Å². The van der Waals surface area contributed by atoms with Crippen molar-refractivity contribution in [1.29, 1.82) is 0 Å². The van der Waals surface area contributed by atoms with E-state index in [2.05, 4.69) is 6.92 Å². The number of aryl methyl sites for hydroxylation is 1. The van der Waals surface area contributed by atoms with Crippen LogP contribution in [0.2, 0.25) is 0 Å². The van der Waals surface area contributed by atoms with Gasteiger partial charge in [-0.15, -0.1) is 0 Å². The van der Waals surface area contributed by atoms with Gasteiger partial charge in [-0.1, -0.05) is 36.8 Å². The van der Waals surface area contributed by atoms with Crippen LogP contribution in [-0.2, 0) is 15.1 Å². The molecule has 0 spiro atoms. The second-order valence-electron chi connectivity index (χ2n) is 6.81. The van der Waals surface area contributed by atoms with Crippen LogP contribution < -0.4 is 0 Å². The average molecular weight is 292 g/mol. The Bertz CT molecular complexity index is 455. The summed E-state index contributed by atoms with van der Waals surface area (Å²) in [7, 11) is 0. The van der Waals surface area contributed by atoms with Crippen LogP contribution in [0.25, 0.3) is 0 Å². The molecule has 0 bridgehead atoms. The van der Waals surface area contributed by atoms with E-state index < -0.39 is 5.67 Å². The molecule has 3 heteroatoms. The van der Waals surface area contributed by atoms with Crippen LogP contribution in [0, 0.1) is 18.8 Å². The molecule has 116 valence electrons. The van der Waals surface area contributed by atoms with E-state index in [1.54, 1.807) is 0 Å². The predicted molar refractivity (Wildman–Crippen MR) is 80.8 cm³/mol. The zero-order chi connectivity index (χ0) is 14.9. The number of alkyl halides is 1. The van der Waals surface area contributed by atoms with Gasteiger partial charge in [-0.3, -0.25) is 0 Å². The van der Waals surface area contributed by atoms with E-state index in [1.165, 1.54) is 5.56 Å². The van der Waals surface area contributed by atoms with Crippen LogP contribution in [0.5, 0.6) is 0 Å². The predicted octanol–water partition coefficient (Wildman–Crippen LogP) is 4.36. The van der Waals surface area contributed by atoms with Gasteiger partial charge in [0, 0.05) is 11.8 Å². The molecule has 0 aromatic heterocycles. The van der Waals surface area contributed by atoms with Gasteiger partial charge in [0.25, 0.3) is 0 Å². The largest absolute Gasteiger partial charge is 0.352 e. The lowest BCUT2D eigenvalue weighted by atomic mass is 9.76. The van der Waals surface area contributed by atoms with Gasteiger partial charge in [-0.2, -0.15) is 0 Å². The summed E-state index contributed by atoms with van der Waals surface area (Å²) in [6.45, 7) is 5.69. The van der Waals surface area contributed by atoms with E-state index in [0.29, 0.717) is 24.7 Å². The molecule has 0 radical (unpaired) electrons. The first kappa shape index (κ1) is 15.0. The summed E-state index contributed by atoms with van der Waals surface area (Å²) in [5, 5.41) is 0. The van der Waals surface area contributed by atoms with Crippen LogP contribution >= 0.6 is 0 Å². The third-order valence-corrected chi connectivity index (χ3v) is 4.87. The van der Waals surface area contributed by atoms with Crippen molar-refractivity contribution in [2.75, 3.05) is 13.2 Å². The van der Waals surface area contributed by atoms with Crippen molar-refractivity contribution < 1.29 is 13.9 Å². The highest BCUT2D eigenvalue weighted by Crippen LogP contribution is 2.44. The van der Waals surface area contributed by atoms with Crippen molar-refractivity contribution in [2.45, 2.75) is 51.5 Å². The lowest BCUT2D eigenvalue weighted by Crippen LogP contribution is -2.39. The van der Waals surface area contributed by atoms with Crippen molar-refractivity contribution in [3.63, 3.8) is 0 Å². The molecular weight excluding hydrogens is 267 g/mol. The van der Waals surface area contributed by atoms with Crippen LogP contribution in [0.3, 0.4) is 0 Å². The summed E-state index contributed by atoms with van der Waals surface area (Å²) in [5.74, 6) is 0.810. The fourth-order valence-electron chi connectivity index (χ4n) is 3.40. The Kier molecular flexibility index (Phi) is 4.32. The van der Waals surface area contributed by atoms with E-state index in [9.17, 15) is 0 Å². The molecule has 1 heterocycles. The third kappa shape index (κ3) is 3.29. The van der Waals surface area contributed by atoms with Gasteiger partial charge in [0.1, 0.15) is 5.67 Å². The zero-order valence-electron chi connectivity index (χ0n) is 13.0. The number of ether oxygens (including phenoxy) is 2. The van der Waals surface area contributed by atoms with Crippen molar-refractivity contribution in [3.8, 4) is 0 Å². The second kappa shape index (κ2) is 6.05. The van der Waals surface area contributed by atoms with Gasteiger partial charge >= 0.3 is 0 Å². The fourth-order valence-corrected chi connectivity index (χ4v) is 3.40. The van der Waals surface area contributed by atoms with Gasteiger partial charge < -0.3 is 9.47 Å². The molecule has 2 fully saturated rings. The van der Waals surface area contributed by atoms with Gasteiger partial charge in [-0.05, 0) is 38.2 Å². The van der Waals surface area contributed by atoms with Crippen molar-refractivity contribution >= 4 is 0 Å². The molecular formula is C18H25FO2. The van der Waals surface area contributed by atoms with E-state index >= 15 is 4.39 Å². The van der Waals surface area contributed by atoms with Crippen molar-refractivity contribution in [2.24, 2.45) is 11.8 Å². The molecule has 1 aliphatic heterocycles. The Morgan fingerprint density at radius 3 is 2.19 bits per heavy atom. The summed E-state index contributed by atoms with van der Waals surface area (Å²) >= 11 is 0. The van der Waals surface area contributed by atoms with Crippen LogP contribution in [0.4, 0.5) is 4.39 Å². The van der Waals surface area contributed by atoms with Gasteiger partial charge in [0.15, 0.2) is 6.29 Å². The molecule has 21 heavy (non-hydrogen) atoms. The molecule has 1 aromatic rings. The highest BCUT2D eigenvalue weighted by atomic mass is 19.1. The molecule has 1 aliphatic carbocycles. The minimum Gasteiger partial charge on any atom is -0.352 e. The minimum atomic E-state index is -1.17. The zero-order valence-corrected chi connectivity index (χ0v) is 13.0. The Labute approximate surface area is 126 Å². The normalized spacial score (nSPS) is 37.4. The molecule has 0 N–H and O–H groups in total. The van der Waals surface area contributed by atoms with E-state index in [-0.39, 0.29) is 6.29 Å². The van der Waals surface area contributed by atoms with E-state index in [4.69, 9.17) is 9.47 Å². The molecule has 0 atom stereocenters. The molecule has 1 aromatic carbocycles. The maximum Gasteiger partial charge on any atom is 0.160 e.